The second kappa shape index (κ2) is 4.61. The van der Waals surface area contributed by atoms with Crippen LogP contribution in [0.25, 0.3) is 0 Å². The summed E-state index contributed by atoms with van der Waals surface area (Å²) in [4.78, 5) is 6.23. The highest BCUT2D eigenvalue weighted by Crippen LogP contribution is 2.31. The number of benzene rings is 1. The van der Waals surface area contributed by atoms with Crippen molar-refractivity contribution in [3.8, 4) is 11.5 Å². The average molecular weight is 241 g/mol. The molecule has 2 heterocycles. The maximum absolute atomic E-state index is 5.83. The number of rotatable bonds is 1. The molecule has 0 saturated heterocycles. The lowest BCUT2D eigenvalue weighted by Crippen LogP contribution is -2.43. The third-order valence-electron chi connectivity index (χ3n) is 2.58. The molecule has 0 N–H and O–H groups in total. The first-order valence-corrected chi connectivity index (χ1v) is 5.08. The van der Waals surface area contributed by atoms with Crippen molar-refractivity contribution < 1.29 is 9.47 Å². The molecule has 2 aliphatic heterocycles. The lowest BCUT2D eigenvalue weighted by molar-refractivity contribution is 0.0149. The molecule has 1 aromatic rings. The number of fused-ring (bicyclic) bond motifs is 1. The van der Waals surface area contributed by atoms with Gasteiger partial charge in [-0.1, -0.05) is 12.1 Å². The molecular formula is C11H13ClN2O2. The minimum Gasteiger partial charge on any atom is -0.484 e. The number of hydrogen-bond acceptors (Lipinski definition) is 4. The Morgan fingerprint density at radius 2 is 2.06 bits per heavy atom. The van der Waals surface area contributed by atoms with Gasteiger partial charge in [0.1, 0.15) is 6.61 Å². The van der Waals surface area contributed by atoms with Crippen molar-refractivity contribution in [2.24, 2.45) is 4.99 Å². The Kier molecular flexibility index (Phi) is 3.19. The van der Waals surface area contributed by atoms with E-state index >= 15 is 0 Å². The fraction of sp³-hybridized carbons (Fsp3) is 0.364. The summed E-state index contributed by atoms with van der Waals surface area (Å²) >= 11 is 0. The number of aliphatic imine (C=N–C) groups is 1. The highest BCUT2D eigenvalue weighted by molar-refractivity contribution is 5.85. The van der Waals surface area contributed by atoms with Crippen LogP contribution in [0.4, 0.5) is 0 Å². The van der Waals surface area contributed by atoms with Crippen molar-refractivity contribution in [2.75, 3.05) is 19.7 Å². The molecule has 0 spiro atoms. The summed E-state index contributed by atoms with van der Waals surface area (Å²) in [6, 6.07) is 7.74. The van der Waals surface area contributed by atoms with Crippen LogP contribution in [-0.2, 0) is 0 Å². The molecule has 0 radical (unpaired) electrons. The maximum Gasteiger partial charge on any atom is 0.207 e. The molecule has 0 fully saturated rings. The summed E-state index contributed by atoms with van der Waals surface area (Å²) in [5.41, 5.74) is 0. The van der Waals surface area contributed by atoms with Crippen LogP contribution in [0.3, 0.4) is 0 Å². The van der Waals surface area contributed by atoms with Gasteiger partial charge in [-0.25, -0.2) is 0 Å². The molecule has 5 heteroatoms. The zero-order valence-corrected chi connectivity index (χ0v) is 9.52. The van der Waals surface area contributed by atoms with E-state index in [2.05, 4.69) is 9.89 Å². The van der Waals surface area contributed by atoms with Gasteiger partial charge in [-0.2, -0.15) is 0 Å². The highest BCUT2D eigenvalue weighted by atomic mass is 35.5. The van der Waals surface area contributed by atoms with E-state index in [4.69, 9.17) is 9.47 Å². The Hall–Kier alpha value is -1.42. The first-order chi connectivity index (χ1) is 7.43. The van der Waals surface area contributed by atoms with Gasteiger partial charge >= 0.3 is 0 Å². The summed E-state index contributed by atoms with van der Waals surface area (Å²) in [6.45, 7) is 2.32. The van der Waals surface area contributed by atoms with Crippen LogP contribution in [0, 0.1) is 0 Å². The minimum atomic E-state index is -0.0360. The number of ether oxygens (including phenoxy) is 2. The lowest BCUT2D eigenvalue weighted by Gasteiger charge is -2.31. The normalized spacial score (nSPS) is 21.8. The van der Waals surface area contributed by atoms with E-state index in [1.54, 1.807) is 0 Å². The molecule has 2 aliphatic rings. The van der Waals surface area contributed by atoms with E-state index in [-0.39, 0.29) is 18.6 Å². The van der Waals surface area contributed by atoms with Crippen LogP contribution in [0.15, 0.2) is 29.3 Å². The first kappa shape index (κ1) is 11.1. The van der Waals surface area contributed by atoms with Gasteiger partial charge in [0.25, 0.3) is 0 Å². The van der Waals surface area contributed by atoms with Crippen molar-refractivity contribution in [1.29, 1.82) is 0 Å². The van der Waals surface area contributed by atoms with Crippen LogP contribution in [0.5, 0.6) is 11.5 Å². The average Bonchev–Trinajstić information content (AvgIpc) is 2.82. The van der Waals surface area contributed by atoms with E-state index < -0.39 is 0 Å². The Morgan fingerprint density at radius 3 is 2.81 bits per heavy atom. The molecule has 3 rings (SSSR count). The summed E-state index contributed by atoms with van der Waals surface area (Å²) < 4.78 is 11.4. The predicted molar refractivity (Wildman–Crippen MR) is 63.7 cm³/mol. The first-order valence-electron chi connectivity index (χ1n) is 5.08. The third-order valence-corrected chi connectivity index (χ3v) is 2.58. The zero-order chi connectivity index (χ0) is 10.1. The van der Waals surface area contributed by atoms with Crippen LogP contribution in [-0.4, -0.2) is 37.2 Å². The van der Waals surface area contributed by atoms with Gasteiger partial charge in [-0.15, -0.1) is 12.4 Å². The van der Waals surface area contributed by atoms with Crippen molar-refractivity contribution in [3.05, 3.63) is 24.3 Å². The monoisotopic (exact) mass is 240 g/mol. The summed E-state index contributed by atoms with van der Waals surface area (Å²) in [6.07, 6.45) is 1.80. The molecule has 0 amide bonds. The molecule has 0 aliphatic carbocycles. The zero-order valence-electron chi connectivity index (χ0n) is 8.70. The molecule has 1 atom stereocenters. The van der Waals surface area contributed by atoms with Crippen LogP contribution < -0.4 is 9.47 Å². The minimum absolute atomic E-state index is 0. The quantitative estimate of drug-likeness (QED) is 0.747. The lowest BCUT2D eigenvalue weighted by atomic mass is 10.3. The molecule has 1 aromatic carbocycles. The van der Waals surface area contributed by atoms with E-state index in [9.17, 15) is 0 Å². The topological polar surface area (TPSA) is 34.1 Å². The molecule has 86 valence electrons. The molecule has 0 saturated carbocycles. The Balaban J connectivity index is 0.000000963. The molecule has 16 heavy (non-hydrogen) atoms. The standard InChI is InChI=1S/C11H12N2O2.ClH/c1-2-4-10-9(3-1)14-7-11(15-10)13-6-5-12-8-13;/h1-4,8,11H,5-7H2;1H. The summed E-state index contributed by atoms with van der Waals surface area (Å²) in [5.74, 6) is 1.64. The number of halogens is 1. The van der Waals surface area contributed by atoms with Gasteiger partial charge in [0.05, 0.1) is 12.9 Å². The maximum atomic E-state index is 5.83. The van der Waals surface area contributed by atoms with E-state index in [1.807, 2.05) is 30.6 Å². The smallest absolute Gasteiger partial charge is 0.207 e. The van der Waals surface area contributed by atoms with Gasteiger partial charge in [0, 0.05) is 6.54 Å². The fourth-order valence-corrected chi connectivity index (χ4v) is 1.78. The summed E-state index contributed by atoms with van der Waals surface area (Å²) in [5, 5.41) is 0. The SMILES string of the molecule is C1=NCCN1C1COc2ccccc2O1.Cl. The fourth-order valence-electron chi connectivity index (χ4n) is 1.78. The van der Waals surface area contributed by atoms with Crippen molar-refractivity contribution in [3.63, 3.8) is 0 Å². The second-order valence-corrected chi connectivity index (χ2v) is 3.59. The predicted octanol–water partition coefficient (Wildman–Crippen LogP) is 1.55. The second-order valence-electron chi connectivity index (χ2n) is 3.59. The largest absolute Gasteiger partial charge is 0.484 e. The van der Waals surface area contributed by atoms with Crippen LogP contribution in [0.2, 0.25) is 0 Å². The van der Waals surface area contributed by atoms with Gasteiger partial charge in [-0.3, -0.25) is 4.99 Å². The number of para-hydroxylation sites is 2. The highest BCUT2D eigenvalue weighted by Gasteiger charge is 2.26. The van der Waals surface area contributed by atoms with Gasteiger partial charge in [0.2, 0.25) is 6.23 Å². The molecule has 4 nitrogen and oxygen atoms in total. The Labute approximate surface area is 100 Å². The van der Waals surface area contributed by atoms with Gasteiger partial charge in [0.15, 0.2) is 11.5 Å². The van der Waals surface area contributed by atoms with Crippen LogP contribution in [0.1, 0.15) is 0 Å². The molecule has 1 unspecified atom stereocenters. The number of hydrogen-bond donors (Lipinski definition) is 0. The van der Waals surface area contributed by atoms with Crippen molar-refractivity contribution in [1.82, 2.24) is 4.90 Å². The van der Waals surface area contributed by atoms with Crippen molar-refractivity contribution >= 4 is 18.7 Å². The summed E-state index contributed by atoms with van der Waals surface area (Å²) in [7, 11) is 0. The number of nitrogens with zero attached hydrogens (tertiary/aromatic N) is 2. The Morgan fingerprint density at radius 1 is 1.25 bits per heavy atom. The van der Waals surface area contributed by atoms with Gasteiger partial charge in [-0.05, 0) is 12.1 Å². The van der Waals surface area contributed by atoms with E-state index in [1.165, 1.54) is 0 Å². The molecular weight excluding hydrogens is 228 g/mol. The molecule has 0 bridgehead atoms. The van der Waals surface area contributed by atoms with Crippen molar-refractivity contribution in [2.45, 2.75) is 6.23 Å². The van der Waals surface area contributed by atoms with E-state index in [0.29, 0.717) is 6.61 Å². The van der Waals surface area contributed by atoms with E-state index in [0.717, 1.165) is 24.6 Å². The Bertz CT molecular complexity index is 397. The van der Waals surface area contributed by atoms with Gasteiger partial charge < -0.3 is 14.4 Å². The third kappa shape index (κ3) is 1.93. The van der Waals surface area contributed by atoms with Crippen LogP contribution >= 0.6 is 12.4 Å². The molecule has 0 aromatic heterocycles.